The first-order valence-corrected chi connectivity index (χ1v) is 7.57. The van der Waals surface area contributed by atoms with E-state index in [4.69, 9.17) is 0 Å². The lowest BCUT2D eigenvalue weighted by molar-refractivity contribution is 0.886. The highest BCUT2D eigenvalue weighted by Gasteiger charge is 1.56. The van der Waals surface area contributed by atoms with Crippen LogP contribution in [0, 0.1) is 0 Å². The maximum absolute atomic E-state index is 3.46. The Balaban J connectivity index is -0.0000000228. The highest BCUT2D eigenvalue weighted by molar-refractivity contribution is 4.94. The van der Waals surface area contributed by atoms with E-state index in [1.54, 1.807) is 6.08 Å². The van der Waals surface area contributed by atoms with Crippen LogP contribution in [-0.4, -0.2) is 0 Å². The van der Waals surface area contributed by atoms with Crippen molar-refractivity contribution in [3.05, 3.63) is 24.8 Å². The minimum Gasteiger partial charge on any atom is -0.0991 e. The molecule has 0 rings (SSSR count). The van der Waals surface area contributed by atoms with Crippen LogP contribution in [0.2, 0.25) is 0 Å². The third-order valence-electron chi connectivity index (χ3n) is 0.829. The van der Waals surface area contributed by atoms with Crippen LogP contribution >= 0.6 is 0 Å². The molecule has 0 saturated heterocycles. The molecule has 0 aromatic carbocycles. The zero-order chi connectivity index (χ0) is 15.5. The van der Waals surface area contributed by atoms with Crippen LogP contribution in [0.15, 0.2) is 24.8 Å². The summed E-state index contributed by atoms with van der Waals surface area (Å²) in [6, 6.07) is 0. The predicted octanol–water partition coefficient (Wildman–Crippen LogP) is 7.66. The second-order valence-corrected chi connectivity index (χ2v) is 1.76. The molecule has 0 nitrogen and oxygen atoms in total. The third-order valence-corrected chi connectivity index (χ3v) is 0.829. The first-order chi connectivity index (χ1) is 8.33. The number of rotatable bonds is 2. The van der Waals surface area contributed by atoms with Gasteiger partial charge >= 0.3 is 0 Å². The predicted molar refractivity (Wildman–Crippen MR) is 91.0 cm³/mol. The van der Waals surface area contributed by atoms with E-state index in [0.717, 1.165) is 0 Å². The summed E-state index contributed by atoms with van der Waals surface area (Å²) in [5.74, 6) is 0. The molecule has 0 aromatic heterocycles. The second-order valence-electron chi connectivity index (χ2n) is 1.76. The van der Waals surface area contributed by atoms with Crippen molar-refractivity contribution in [2.24, 2.45) is 0 Å². The van der Waals surface area contributed by atoms with Crippen molar-refractivity contribution in [2.45, 2.75) is 89.0 Å². The SMILES string of the molecule is C=C/C=C\C.CC.CC.CC.CC.CCCC. The van der Waals surface area contributed by atoms with Crippen molar-refractivity contribution in [3.63, 3.8) is 0 Å². The van der Waals surface area contributed by atoms with E-state index in [-0.39, 0.29) is 0 Å². The van der Waals surface area contributed by atoms with Gasteiger partial charge < -0.3 is 0 Å². The Kier molecular flexibility index (Phi) is 342. The molecule has 0 aliphatic carbocycles. The molecule has 0 heteroatoms. The van der Waals surface area contributed by atoms with Crippen LogP contribution in [0.25, 0.3) is 0 Å². The first kappa shape index (κ1) is 36.0. The van der Waals surface area contributed by atoms with Crippen LogP contribution in [0.5, 0.6) is 0 Å². The summed E-state index contributed by atoms with van der Waals surface area (Å²) in [6.45, 7) is 25.8. The molecule has 0 aromatic rings. The van der Waals surface area contributed by atoms with E-state index < -0.39 is 0 Å². The van der Waals surface area contributed by atoms with E-state index in [0.29, 0.717) is 0 Å². The maximum Gasteiger partial charge on any atom is -0.0467 e. The third kappa shape index (κ3) is 457. The van der Waals surface area contributed by atoms with Gasteiger partial charge in [0.2, 0.25) is 0 Å². The minimum atomic E-state index is 1.32. The van der Waals surface area contributed by atoms with Crippen molar-refractivity contribution in [2.75, 3.05) is 0 Å². The molecule has 0 radical (unpaired) electrons. The van der Waals surface area contributed by atoms with Gasteiger partial charge in [-0.15, -0.1) is 0 Å². The van der Waals surface area contributed by atoms with Gasteiger partial charge in [0.15, 0.2) is 0 Å². The summed E-state index contributed by atoms with van der Waals surface area (Å²) < 4.78 is 0. The Morgan fingerprint density at radius 1 is 0.706 bits per heavy atom. The van der Waals surface area contributed by atoms with Gasteiger partial charge in [0.1, 0.15) is 0 Å². The van der Waals surface area contributed by atoms with Crippen LogP contribution in [0.1, 0.15) is 89.0 Å². The molecule has 0 aliphatic rings. The molecular weight excluding hydrogens is 204 g/mol. The zero-order valence-corrected chi connectivity index (χ0v) is 14.9. The summed E-state index contributed by atoms with van der Waals surface area (Å²) in [4.78, 5) is 0. The summed E-state index contributed by atoms with van der Waals surface area (Å²) in [6.07, 6.45) is 8.22. The molecule has 0 atom stereocenters. The fraction of sp³-hybridized carbons (Fsp3) is 0.765. The molecule has 0 fully saturated rings. The van der Waals surface area contributed by atoms with Gasteiger partial charge in [-0.3, -0.25) is 0 Å². The number of hydrogen-bond acceptors (Lipinski definition) is 0. The number of hydrogen-bond donors (Lipinski definition) is 0. The molecule has 0 spiro atoms. The van der Waals surface area contributed by atoms with Gasteiger partial charge in [0.25, 0.3) is 0 Å². The molecule has 0 saturated carbocycles. The van der Waals surface area contributed by atoms with Crippen LogP contribution in [0.3, 0.4) is 0 Å². The lowest BCUT2D eigenvalue weighted by atomic mass is 10.4. The normalized spacial score (nSPS) is 5.82. The fourth-order valence-electron chi connectivity index (χ4n) is 0.136. The molecule has 110 valence electrons. The van der Waals surface area contributed by atoms with E-state index in [1.165, 1.54) is 12.8 Å². The number of unbranched alkanes of at least 4 members (excludes halogenated alkanes) is 1. The van der Waals surface area contributed by atoms with Crippen LogP contribution in [0.4, 0.5) is 0 Å². The van der Waals surface area contributed by atoms with E-state index in [2.05, 4.69) is 20.4 Å². The Bertz CT molecular complexity index is 58.4. The highest BCUT2D eigenvalue weighted by Crippen LogP contribution is 1.76. The van der Waals surface area contributed by atoms with Gasteiger partial charge in [-0.1, -0.05) is 107 Å². The van der Waals surface area contributed by atoms with Crippen LogP contribution in [-0.2, 0) is 0 Å². The molecule has 0 unspecified atom stereocenters. The quantitative estimate of drug-likeness (QED) is 0.439. The zero-order valence-electron chi connectivity index (χ0n) is 14.9. The smallest absolute Gasteiger partial charge is 0.0467 e. The van der Waals surface area contributed by atoms with Gasteiger partial charge in [-0.05, 0) is 6.92 Å². The molecule has 0 amide bonds. The summed E-state index contributed by atoms with van der Waals surface area (Å²) >= 11 is 0. The van der Waals surface area contributed by atoms with Gasteiger partial charge in [-0.25, -0.2) is 0 Å². The summed E-state index contributed by atoms with van der Waals surface area (Å²) in [5.41, 5.74) is 0. The molecule has 0 aliphatic heterocycles. The van der Waals surface area contributed by atoms with Crippen LogP contribution < -0.4 is 0 Å². The first-order valence-electron chi connectivity index (χ1n) is 7.57. The van der Waals surface area contributed by atoms with Crippen molar-refractivity contribution < 1.29 is 0 Å². The Morgan fingerprint density at radius 2 is 0.941 bits per heavy atom. The molecule has 0 bridgehead atoms. The molecule has 0 heterocycles. The highest BCUT2D eigenvalue weighted by atomic mass is 13.6. The van der Waals surface area contributed by atoms with Gasteiger partial charge in [0, 0.05) is 0 Å². The van der Waals surface area contributed by atoms with Gasteiger partial charge in [-0.2, -0.15) is 0 Å². The maximum atomic E-state index is 3.46. The Hall–Kier alpha value is -0.520. The van der Waals surface area contributed by atoms with Crippen molar-refractivity contribution in [1.82, 2.24) is 0 Å². The van der Waals surface area contributed by atoms with E-state index in [1.807, 2.05) is 74.5 Å². The Morgan fingerprint density at radius 3 is 0.941 bits per heavy atom. The van der Waals surface area contributed by atoms with Crippen molar-refractivity contribution >= 4 is 0 Å². The standard InChI is InChI=1S/C5H8.C4H10.4C2H6/c1-3-5-4-2;1-3-4-2;4*1-2/h3-5H,1H2,2H3;3-4H2,1-2H3;4*1-2H3/b5-4-;;;;;. The lowest BCUT2D eigenvalue weighted by Crippen LogP contribution is -1.47. The molecular formula is C17H42. The molecule has 0 N–H and O–H groups in total. The lowest BCUT2D eigenvalue weighted by Gasteiger charge is -1.68. The summed E-state index contributed by atoms with van der Waals surface area (Å²) in [7, 11) is 0. The topological polar surface area (TPSA) is 0 Å². The van der Waals surface area contributed by atoms with Gasteiger partial charge in [0.05, 0.1) is 0 Å². The number of allylic oxidation sites excluding steroid dienone is 3. The van der Waals surface area contributed by atoms with Crippen molar-refractivity contribution in [3.8, 4) is 0 Å². The van der Waals surface area contributed by atoms with Crippen molar-refractivity contribution in [1.29, 1.82) is 0 Å². The van der Waals surface area contributed by atoms with E-state index >= 15 is 0 Å². The second kappa shape index (κ2) is 162. The van der Waals surface area contributed by atoms with E-state index in [9.17, 15) is 0 Å². The average molecular weight is 247 g/mol. The minimum absolute atomic E-state index is 1.32. The monoisotopic (exact) mass is 246 g/mol. The largest absolute Gasteiger partial charge is 0.0991 e. The summed E-state index contributed by atoms with van der Waals surface area (Å²) in [5, 5.41) is 0. The molecule has 17 heavy (non-hydrogen) atoms. The Labute approximate surface area is 114 Å². The fourth-order valence-corrected chi connectivity index (χ4v) is 0.136. The average Bonchev–Trinajstić information content (AvgIpc) is 2.48.